The van der Waals surface area contributed by atoms with E-state index in [0.29, 0.717) is 17.0 Å². The number of anilines is 1. The van der Waals surface area contributed by atoms with E-state index in [0.717, 1.165) is 12.8 Å². The maximum absolute atomic E-state index is 13.7. The minimum atomic E-state index is -1.02. The summed E-state index contributed by atoms with van der Waals surface area (Å²) in [5.74, 6) is -0.833. The largest absolute Gasteiger partial charge is 0.497 e. The standard InChI is InChI=1S/C32H29NO6/c1-18(29(34)20-11-13-24(38-2)14-12-20)39-32(37)21-9-6-10-23(15-21)33-30(35)27-22-16-25(19-7-4-3-5-8-19)26(17-22)28(27)31(33)36/h3-15,18,22,25-28H,16-17H2,1-2H3/t18-,22+,25+,26+,27+,28-/m0/s1. The molecule has 7 nitrogen and oxygen atoms in total. The maximum atomic E-state index is 13.7. The number of esters is 1. The van der Waals surface area contributed by atoms with E-state index < -0.39 is 12.1 Å². The molecule has 1 heterocycles. The summed E-state index contributed by atoms with van der Waals surface area (Å²) in [7, 11) is 1.54. The van der Waals surface area contributed by atoms with Crippen LogP contribution < -0.4 is 9.64 Å². The number of ketones is 1. The summed E-state index contributed by atoms with van der Waals surface area (Å²) in [4.78, 5) is 54.1. The van der Waals surface area contributed by atoms with Crippen LogP contribution in [0.3, 0.4) is 0 Å². The highest BCUT2D eigenvalue weighted by molar-refractivity contribution is 6.23. The average molecular weight is 524 g/mol. The fourth-order valence-corrected chi connectivity index (χ4v) is 6.84. The van der Waals surface area contributed by atoms with Crippen molar-refractivity contribution in [2.75, 3.05) is 12.0 Å². The van der Waals surface area contributed by atoms with E-state index >= 15 is 0 Å². The van der Waals surface area contributed by atoms with Gasteiger partial charge in [-0.25, -0.2) is 4.79 Å². The molecule has 3 aromatic carbocycles. The third-order valence-corrected chi connectivity index (χ3v) is 8.61. The summed E-state index contributed by atoms with van der Waals surface area (Å²) in [5.41, 5.74) is 2.15. The van der Waals surface area contributed by atoms with Gasteiger partial charge in [0.05, 0.1) is 30.2 Å². The van der Waals surface area contributed by atoms with Gasteiger partial charge in [-0.05, 0) is 85.5 Å². The molecule has 198 valence electrons. The van der Waals surface area contributed by atoms with Crippen LogP contribution in [0.15, 0.2) is 78.9 Å². The van der Waals surface area contributed by atoms with E-state index in [1.165, 1.54) is 30.6 Å². The molecule has 1 saturated heterocycles. The second-order valence-corrected chi connectivity index (χ2v) is 10.7. The predicted octanol–water partition coefficient (Wildman–Crippen LogP) is 5.05. The second-order valence-electron chi connectivity index (χ2n) is 10.7. The van der Waals surface area contributed by atoms with Crippen molar-refractivity contribution in [3.8, 4) is 5.75 Å². The van der Waals surface area contributed by atoms with Crippen LogP contribution in [0, 0.1) is 23.7 Å². The van der Waals surface area contributed by atoms with Gasteiger partial charge in [0.1, 0.15) is 5.75 Å². The van der Waals surface area contributed by atoms with E-state index in [1.54, 1.807) is 42.5 Å². The number of Topliss-reactive ketones (excluding diaryl/α,β-unsaturated/α-hetero) is 1. The van der Waals surface area contributed by atoms with Crippen molar-refractivity contribution < 1.29 is 28.7 Å². The van der Waals surface area contributed by atoms with Gasteiger partial charge < -0.3 is 9.47 Å². The van der Waals surface area contributed by atoms with Crippen LogP contribution in [0.5, 0.6) is 5.75 Å². The number of hydrogen-bond acceptors (Lipinski definition) is 6. The van der Waals surface area contributed by atoms with Gasteiger partial charge in [-0.3, -0.25) is 19.3 Å². The number of rotatable bonds is 7. The topological polar surface area (TPSA) is 90.0 Å². The zero-order valence-electron chi connectivity index (χ0n) is 21.8. The Morgan fingerprint density at radius 3 is 2.28 bits per heavy atom. The number of carbonyl (C=O) groups excluding carboxylic acids is 4. The van der Waals surface area contributed by atoms with Crippen molar-refractivity contribution in [2.45, 2.75) is 31.8 Å². The molecule has 2 amide bonds. The van der Waals surface area contributed by atoms with Crippen LogP contribution in [-0.4, -0.2) is 36.8 Å². The molecule has 2 saturated carbocycles. The molecule has 6 atom stereocenters. The number of nitrogens with zero attached hydrogens (tertiary/aromatic N) is 1. The quantitative estimate of drug-likeness (QED) is 0.245. The summed E-state index contributed by atoms with van der Waals surface area (Å²) < 4.78 is 10.6. The first-order valence-electron chi connectivity index (χ1n) is 13.3. The highest BCUT2D eigenvalue weighted by Crippen LogP contribution is 2.61. The van der Waals surface area contributed by atoms with Gasteiger partial charge in [0.25, 0.3) is 0 Å². The average Bonchev–Trinajstić information content (AvgIpc) is 3.64. The monoisotopic (exact) mass is 523 g/mol. The first-order chi connectivity index (χ1) is 18.9. The molecule has 6 rings (SSSR count). The number of ether oxygens (including phenoxy) is 2. The minimum Gasteiger partial charge on any atom is -0.497 e. The van der Waals surface area contributed by atoms with E-state index in [9.17, 15) is 19.2 Å². The Labute approximate surface area is 226 Å². The van der Waals surface area contributed by atoms with Crippen molar-refractivity contribution in [3.63, 3.8) is 0 Å². The van der Waals surface area contributed by atoms with E-state index in [4.69, 9.17) is 9.47 Å². The number of benzene rings is 3. The van der Waals surface area contributed by atoms with Gasteiger partial charge in [0.2, 0.25) is 17.6 Å². The minimum absolute atomic E-state index is 0.141. The van der Waals surface area contributed by atoms with E-state index in [1.807, 2.05) is 18.2 Å². The summed E-state index contributed by atoms with van der Waals surface area (Å²) in [6, 6.07) is 23.1. The molecule has 0 N–H and O–H groups in total. The Morgan fingerprint density at radius 1 is 0.846 bits per heavy atom. The predicted molar refractivity (Wildman–Crippen MR) is 144 cm³/mol. The number of imide groups is 1. The lowest BCUT2D eigenvalue weighted by atomic mass is 9.73. The molecule has 3 fully saturated rings. The van der Waals surface area contributed by atoms with Crippen LogP contribution in [-0.2, 0) is 14.3 Å². The lowest BCUT2D eigenvalue weighted by Crippen LogP contribution is -2.33. The van der Waals surface area contributed by atoms with Crippen LogP contribution in [0.1, 0.15) is 52.0 Å². The van der Waals surface area contributed by atoms with Gasteiger partial charge in [0.15, 0.2) is 6.10 Å². The normalized spacial score (nSPS) is 25.9. The molecule has 0 radical (unpaired) electrons. The maximum Gasteiger partial charge on any atom is 0.338 e. The van der Waals surface area contributed by atoms with E-state index in [2.05, 4.69) is 12.1 Å². The van der Waals surface area contributed by atoms with Gasteiger partial charge in [-0.1, -0.05) is 36.4 Å². The van der Waals surface area contributed by atoms with Crippen molar-refractivity contribution in [1.82, 2.24) is 0 Å². The van der Waals surface area contributed by atoms with Crippen LogP contribution in [0.25, 0.3) is 0 Å². The molecular formula is C32H29NO6. The third kappa shape index (κ3) is 4.22. The van der Waals surface area contributed by atoms with Crippen LogP contribution in [0.4, 0.5) is 5.69 Å². The Morgan fingerprint density at radius 2 is 1.56 bits per heavy atom. The molecule has 0 spiro atoms. The van der Waals surface area contributed by atoms with Gasteiger partial charge in [-0.15, -0.1) is 0 Å². The summed E-state index contributed by atoms with van der Waals surface area (Å²) >= 11 is 0. The molecule has 0 unspecified atom stereocenters. The highest BCUT2D eigenvalue weighted by Gasteiger charge is 2.64. The van der Waals surface area contributed by atoms with Gasteiger partial charge in [0, 0.05) is 5.56 Å². The lowest BCUT2D eigenvalue weighted by Gasteiger charge is -2.28. The zero-order chi connectivity index (χ0) is 27.3. The third-order valence-electron chi connectivity index (χ3n) is 8.61. The number of amides is 2. The van der Waals surface area contributed by atoms with E-state index in [-0.39, 0.29) is 52.8 Å². The molecular weight excluding hydrogens is 494 g/mol. The zero-order valence-corrected chi connectivity index (χ0v) is 21.8. The van der Waals surface area contributed by atoms with Gasteiger partial charge >= 0.3 is 5.97 Å². The number of carbonyl (C=O) groups is 4. The Balaban J connectivity index is 1.18. The summed E-state index contributed by atoms with van der Waals surface area (Å²) in [6.45, 7) is 1.52. The lowest BCUT2D eigenvalue weighted by molar-refractivity contribution is -0.123. The first-order valence-corrected chi connectivity index (χ1v) is 13.3. The fourth-order valence-electron chi connectivity index (χ4n) is 6.84. The highest BCUT2D eigenvalue weighted by atomic mass is 16.5. The molecule has 2 bridgehead atoms. The fraction of sp³-hybridized carbons (Fsp3) is 0.312. The summed E-state index contributed by atoms with van der Waals surface area (Å²) in [6.07, 6.45) is 0.788. The smallest absolute Gasteiger partial charge is 0.338 e. The molecule has 7 heteroatoms. The Kier molecular flexibility index (Phi) is 6.29. The van der Waals surface area contributed by atoms with Crippen molar-refractivity contribution >= 4 is 29.3 Å². The van der Waals surface area contributed by atoms with Crippen LogP contribution in [0.2, 0.25) is 0 Å². The van der Waals surface area contributed by atoms with Crippen molar-refractivity contribution in [3.05, 3.63) is 95.6 Å². The molecule has 3 aromatic rings. The van der Waals surface area contributed by atoms with Crippen LogP contribution >= 0.6 is 0 Å². The van der Waals surface area contributed by atoms with Gasteiger partial charge in [-0.2, -0.15) is 0 Å². The summed E-state index contributed by atoms with van der Waals surface area (Å²) in [5, 5.41) is 0. The number of methoxy groups -OCH3 is 1. The SMILES string of the molecule is COc1ccc(C(=O)[C@H](C)OC(=O)c2cccc(N3C(=O)[C@@H]4[C@H]5C[C@@H]([C@@H]4C3=O)[C@@H](c3ccccc3)C5)c2)cc1. The number of hydrogen-bond donors (Lipinski definition) is 0. The van der Waals surface area contributed by atoms with Crippen molar-refractivity contribution in [1.29, 1.82) is 0 Å². The first kappa shape index (κ1) is 25.0. The van der Waals surface area contributed by atoms with Crippen molar-refractivity contribution in [2.24, 2.45) is 23.7 Å². The molecule has 0 aromatic heterocycles. The molecule has 2 aliphatic carbocycles. The Bertz CT molecular complexity index is 1450. The number of fused-ring (bicyclic) bond motifs is 5. The molecule has 39 heavy (non-hydrogen) atoms. The molecule has 3 aliphatic rings. The molecule has 1 aliphatic heterocycles. The second kappa shape index (κ2) is 9.80. The Hall–Kier alpha value is -4.26.